The molecule has 7 N–H and O–H groups in total. The Labute approximate surface area is 238 Å². The van der Waals surface area contributed by atoms with E-state index in [1.807, 2.05) is 0 Å². The number of nitrogens with one attached hydrogen (secondary N) is 1. The van der Waals surface area contributed by atoms with Gasteiger partial charge in [0, 0.05) is 0 Å². The number of aromatic amines is 1. The van der Waals surface area contributed by atoms with E-state index in [0.29, 0.717) is 11.2 Å². The molecule has 7 heterocycles. The van der Waals surface area contributed by atoms with Crippen LogP contribution in [0.15, 0.2) is 23.8 Å². The van der Waals surface area contributed by atoms with E-state index >= 15 is 4.39 Å². The second-order valence-corrected chi connectivity index (χ2v) is 11.7. The average Bonchev–Trinajstić information content (AvgIpc) is 3.66. The van der Waals surface area contributed by atoms with E-state index < -0.39 is 75.2 Å². The third-order valence-corrected chi connectivity index (χ3v) is 8.41. The van der Waals surface area contributed by atoms with Crippen molar-refractivity contribution in [1.29, 1.82) is 0 Å². The molecule has 20 nitrogen and oxygen atoms in total. The van der Waals surface area contributed by atoms with Crippen LogP contribution in [0.25, 0.3) is 22.3 Å². The van der Waals surface area contributed by atoms with Crippen LogP contribution in [0.3, 0.4) is 0 Å². The number of fused-ring (bicyclic) bond motifs is 3. The standard InChI is InChI=1S/C21H24FN10O10P/c1-21(13-12(40-41-13)19(39-21)31-5-27-9-14(23)25-4-26-15(9)31)3-37-43(35,36)42-11-8(22)7(2-33)38-18(11)32-6-28-10-16(32)29-20(24)30-17(10)34/h4-8,11-13,18-19,33H,2-3H2,1H3,(H,35,36)(H2,23,25,26)(H3,24,29,30,34)/t7-,8-,11-,12-,13+,18-,19-,21-/m1/s1. The van der Waals surface area contributed by atoms with Crippen molar-refractivity contribution >= 4 is 41.9 Å². The minimum absolute atomic E-state index is 0.107. The van der Waals surface area contributed by atoms with Gasteiger partial charge in [0.1, 0.15) is 29.7 Å². The highest BCUT2D eigenvalue weighted by Gasteiger charge is 2.63. The number of nitrogens with two attached hydrogens (primary N) is 2. The van der Waals surface area contributed by atoms with Crippen LogP contribution in [0.4, 0.5) is 16.2 Å². The van der Waals surface area contributed by atoms with Crippen molar-refractivity contribution in [2.45, 2.75) is 55.6 Å². The lowest BCUT2D eigenvalue weighted by molar-refractivity contribution is -0.468. The number of ether oxygens (including phenoxy) is 2. The summed E-state index contributed by atoms with van der Waals surface area (Å²) in [5.74, 6) is -0.100. The maximum atomic E-state index is 15.4. The van der Waals surface area contributed by atoms with Gasteiger partial charge in [-0.2, -0.15) is 4.98 Å². The molecule has 22 heteroatoms. The van der Waals surface area contributed by atoms with Gasteiger partial charge < -0.3 is 30.9 Å². The molecule has 43 heavy (non-hydrogen) atoms. The number of imidazole rings is 2. The van der Waals surface area contributed by atoms with E-state index in [2.05, 4.69) is 29.9 Å². The summed E-state index contributed by atoms with van der Waals surface area (Å²) < 4.78 is 53.4. The Bertz CT molecular complexity index is 1820. The molecule has 3 saturated heterocycles. The van der Waals surface area contributed by atoms with Crippen molar-refractivity contribution in [3.8, 4) is 0 Å². The predicted molar refractivity (Wildman–Crippen MR) is 137 cm³/mol. The lowest BCUT2D eigenvalue weighted by Crippen LogP contribution is -2.53. The number of hydrogen-bond donors (Lipinski definition) is 5. The van der Waals surface area contributed by atoms with Crippen molar-refractivity contribution in [2.24, 2.45) is 0 Å². The van der Waals surface area contributed by atoms with Crippen LogP contribution >= 0.6 is 7.82 Å². The number of aliphatic hydroxyl groups is 1. The number of rotatable bonds is 8. The zero-order chi connectivity index (χ0) is 30.3. The minimum Gasteiger partial charge on any atom is -0.394 e. The van der Waals surface area contributed by atoms with Gasteiger partial charge in [-0.05, 0) is 6.92 Å². The van der Waals surface area contributed by atoms with E-state index in [4.69, 9.17) is 39.8 Å². The summed E-state index contributed by atoms with van der Waals surface area (Å²) in [5, 5.41) is 9.63. The molecule has 0 saturated carbocycles. The number of hydrogen-bond acceptors (Lipinski definition) is 16. The number of alkyl halides is 1. The number of aromatic nitrogens is 8. The molecule has 3 aliphatic rings. The Hall–Kier alpha value is -3.66. The van der Waals surface area contributed by atoms with Crippen molar-refractivity contribution in [3.05, 3.63) is 29.3 Å². The highest BCUT2D eigenvalue weighted by molar-refractivity contribution is 7.47. The number of anilines is 2. The molecule has 3 fully saturated rings. The molecular formula is C21H24FN10O10P. The number of phosphoric acid groups is 1. The monoisotopic (exact) mass is 626 g/mol. The topological polar surface area (TPSA) is 272 Å². The van der Waals surface area contributed by atoms with Gasteiger partial charge in [-0.15, -0.1) is 0 Å². The highest BCUT2D eigenvalue weighted by atomic mass is 31.2. The Morgan fingerprint density at radius 3 is 2.60 bits per heavy atom. The lowest BCUT2D eigenvalue weighted by atomic mass is 9.97. The molecular weight excluding hydrogens is 602 g/mol. The zero-order valence-electron chi connectivity index (χ0n) is 22.0. The summed E-state index contributed by atoms with van der Waals surface area (Å²) in [7, 11) is -5.06. The highest BCUT2D eigenvalue weighted by Crippen LogP contribution is 2.53. The van der Waals surface area contributed by atoms with Gasteiger partial charge in [-0.25, -0.2) is 38.7 Å². The Kier molecular flexibility index (Phi) is 6.50. The zero-order valence-corrected chi connectivity index (χ0v) is 22.9. The Morgan fingerprint density at radius 2 is 1.88 bits per heavy atom. The first-order valence-electron chi connectivity index (χ1n) is 12.7. The van der Waals surface area contributed by atoms with E-state index in [9.17, 15) is 19.4 Å². The van der Waals surface area contributed by atoms with E-state index in [-0.39, 0.29) is 22.9 Å². The van der Waals surface area contributed by atoms with Crippen molar-refractivity contribution in [3.63, 3.8) is 0 Å². The molecule has 0 aliphatic carbocycles. The Balaban J connectivity index is 1.11. The molecule has 4 aromatic heterocycles. The molecule has 230 valence electrons. The first-order chi connectivity index (χ1) is 20.5. The molecule has 3 aliphatic heterocycles. The predicted octanol–water partition coefficient (Wildman–Crippen LogP) is -1.16. The SMILES string of the molecule is C[C@]1(COP(=O)(O)O[C@@H]2[C@H](F)[C@@H](CO)O[C@H]2n2cnc3c(=O)[nH]c(N)nc32)O[C@@H](n2cnc3c(N)ncnc32)[C@@H]2OO[C@@H]21. The number of halogens is 1. The second kappa shape index (κ2) is 9.94. The van der Waals surface area contributed by atoms with Crippen LogP contribution in [-0.4, -0.2) is 98.4 Å². The summed E-state index contributed by atoms with van der Waals surface area (Å²) in [6.45, 7) is 0.206. The first kappa shape index (κ1) is 28.1. The van der Waals surface area contributed by atoms with Gasteiger partial charge in [-0.3, -0.25) is 28.0 Å². The molecule has 9 atom stereocenters. The summed E-state index contributed by atoms with van der Waals surface area (Å²) in [6, 6.07) is 0. The van der Waals surface area contributed by atoms with Gasteiger partial charge >= 0.3 is 7.82 Å². The van der Waals surface area contributed by atoms with Gasteiger partial charge in [-0.1, -0.05) is 0 Å². The number of H-pyrrole nitrogens is 1. The van der Waals surface area contributed by atoms with Crippen LogP contribution < -0.4 is 17.0 Å². The largest absolute Gasteiger partial charge is 0.472 e. The van der Waals surface area contributed by atoms with Crippen molar-refractivity contribution < 1.29 is 47.3 Å². The van der Waals surface area contributed by atoms with Gasteiger partial charge in [0.2, 0.25) is 5.95 Å². The maximum absolute atomic E-state index is 15.4. The smallest absolute Gasteiger partial charge is 0.394 e. The lowest BCUT2D eigenvalue weighted by Gasteiger charge is -2.36. The van der Waals surface area contributed by atoms with Crippen LogP contribution in [0.1, 0.15) is 19.4 Å². The van der Waals surface area contributed by atoms with Gasteiger partial charge in [0.25, 0.3) is 5.56 Å². The summed E-state index contributed by atoms with van der Waals surface area (Å²) in [6.07, 6.45) is -5.32. The fraction of sp³-hybridized carbons (Fsp3) is 0.524. The third-order valence-electron chi connectivity index (χ3n) is 7.44. The van der Waals surface area contributed by atoms with E-state index in [1.54, 1.807) is 11.5 Å². The van der Waals surface area contributed by atoms with Crippen LogP contribution in [0.2, 0.25) is 0 Å². The molecule has 7 rings (SSSR count). The normalized spacial score (nSPS) is 33.5. The third kappa shape index (κ3) is 4.48. The quantitative estimate of drug-likeness (QED) is 0.114. The van der Waals surface area contributed by atoms with E-state index in [0.717, 1.165) is 10.9 Å². The van der Waals surface area contributed by atoms with Gasteiger partial charge in [0.05, 0.1) is 25.9 Å². The summed E-state index contributed by atoms with van der Waals surface area (Å²) >= 11 is 0. The average molecular weight is 626 g/mol. The van der Waals surface area contributed by atoms with Crippen molar-refractivity contribution in [2.75, 3.05) is 24.7 Å². The van der Waals surface area contributed by atoms with Crippen molar-refractivity contribution in [1.82, 2.24) is 39.0 Å². The number of nitrogen functional groups attached to an aromatic ring is 2. The molecule has 0 bridgehead atoms. The van der Waals surface area contributed by atoms with Gasteiger partial charge in [0.15, 0.2) is 53.5 Å². The minimum atomic E-state index is -5.06. The molecule has 1 unspecified atom stereocenters. The van der Waals surface area contributed by atoms with Crippen LogP contribution in [0, 0.1) is 0 Å². The molecule has 0 aromatic carbocycles. The summed E-state index contributed by atoms with van der Waals surface area (Å²) in [4.78, 5) is 55.9. The van der Waals surface area contributed by atoms with E-state index in [1.165, 1.54) is 12.7 Å². The molecule has 0 radical (unpaired) electrons. The van der Waals surface area contributed by atoms with Crippen LogP contribution in [-0.2, 0) is 32.9 Å². The van der Waals surface area contributed by atoms with Crippen LogP contribution in [0.5, 0.6) is 0 Å². The Morgan fingerprint density at radius 1 is 1.14 bits per heavy atom. The number of aliphatic hydroxyl groups excluding tert-OH is 1. The number of phosphoric ester groups is 1. The first-order valence-corrected chi connectivity index (χ1v) is 14.2. The fourth-order valence-electron chi connectivity index (χ4n) is 5.32. The summed E-state index contributed by atoms with van der Waals surface area (Å²) in [5.41, 5.74) is 9.91. The fourth-order valence-corrected chi connectivity index (χ4v) is 6.33. The molecule has 4 aromatic rings. The number of nitrogens with zero attached hydrogens (tertiary/aromatic N) is 7. The molecule has 0 spiro atoms. The maximum Gasteiger partial charge on any atom is 0.472 e. The molecule has 0 amide bonds. The second-order valence-electron chi connectivity index (χ2n) is 10.3.